The summed E-state index contributed by atoms with van der Waals surface area (Å²) in [5.74, 6) is -1.72. The second kappa shape index (κ2) is 9.99. The average molecular weight is 433 g/mol. The first-order valence-corrected chi connectivity index (χ1v) is 10.4. The van der Waals surface area contributed by atoms with E-state index >= 15 is 0 Å². The molecule has 2 aromatic carbocycles. The molecule has 0 aromatic heterocycles. The summed E-state index contributed by atoms with van der Waals surface area (Å²) in [4.78, 5) is 34.6. The van der Waals surface area contributed by atoms with Crippen molar-refractivity contribution in [2.45, 2.75) is 25.7 Å². The molecule has 10 heteroatoms. The molecule has 160 valence electrons. The molecular weight excluding hydrogens is 410 g/mol. The third-order valence-electron chi connectivity index (χ3n) is 3.76. The van der Waals surface area contributed by atoms with Crippen molar-refractivity contribution in [1.29, 1.82) is 0 Å². The Morgan fingerprint density at radius 3 is 2.07 bits per heavy atom. The number of carbonyl (C=O) groups excluding carboxylic acids is 3. The number of hydrogen-bond acceptors (Lipinski definition) is 6. The summed E-state index contributed by atoms with van der Waals surface area (Å²) in [7, 11) is -3.96. The highest BCUT2D eigenvalue weighted by atomic mass is 32.2. The van der Waals surface area contributed by atoms with Crippen molar-refractivity contribution in [3.63, 3.8) is 0 Å². The number of ether oxygens (including phenoxy) is 1. The van der Waals surface area contributed by atoms with Gasteiger partial charge in [0.2, 0.25) is 15.9 Å². The number of carbonyl (C=O) groups is 3. The van der Waals surface area contributed by atoms with Crippen molar-refractivity contribution in [3.05, 3.63) is 53.6 Å². The highest BCUT2D eigenvalue weighted by Crippen LogP contribution is 2.14. The van der Waals surface area contributed by atoms with E-state index in [0.29, 0.717) is 11.4 Å². The highest BCUT2D eigenvalue weighted by molar-refractivity contribution is 7.89. The van der Waals surface area contributed by atoms with Crippen LogP contribution in [0.4, 0.5) is 11.4 Å². The summed E-state index contributed by atoms with van der Waals surface area (Å²) >= 11 is 0. The van der Waals surface area contributed by atoms with Crippen LogP contribution in [0, 0.1) is 13.8 Å². The van der Waals surface area contributed by atoms with Gasteiger partial charge < -0.3 is 15.4 Å². The van der Waals surface area contributed by atoms with E-state index in [0.717, 1.165) is 11.1 Å². The number of rotatable bonds is 8. The van der Waals surface area contributed by atoms with Gasteiger partial charge in [-0.2, -0.15) is 4.72 Å². The van der Waals surface area contributed by atoms with Crippen LogP contribution in [0.1, 0.15) is 18.1 Å². The van der Waals surface area contributed by atoms with Gasteiger partial charge in [-0.05, 0) is 61.4 Å². The molecule has 0 aliphatic heterocycles. The SMILES string of the molecule is CC(=O)Nc1ccc(S(=O)(=O)NCC(=O)OCC(=O)Nc2cc(C)cc(C)c2)cc1. The molecule has 0 fully saturated rings. The lowest BCUT2D eigenvalue weighted by Crippen LogP contribution is -2.32. The molecule has 0 spiro atoms. The predicted molar refractivity (Wildman–Crippen MR) is 111 cm³/mol. The van der Waals surface area contributed by atoms with Gasteiger partial charge in [0, 0.05) is 18.3 Å². The van der Waals surface area contributed by atoms with Crippen LogP contribution in [-0.2, 0) is 29.1 Å². The van der Waals surface area contributed by atoms with Crippen molar-refractivity contribution in [2.24, 2.45) is 0 Å². The van der Waals surface area contributed by atoms with Crippen molar-refractivity contribution < 1.29 is 27.5 Å². The molecule has 2 rings (SSSR count). The Labute approximate surface area is 174 Å². The zero-order valence-electron chi connectivity index (χ0n) is 16.8. The molecule has 0 saturated heterocycles. The van der Waals surface area contributed by atoms with Crippen LogP contribution in [0.3, 0.4) is 0 Å². The average Bonchev–Trinajstić information content (AvgIpc) is 2.64. The maximum Gasteiger partial charge on any atom is 0.321 e. The Morgan fingerprint density at radius 1 is 0.900 bits per heavy atom. The number of benzene rings is 2. The predicted octanol–water partition coefficient (Wildman–Crippen LogP) is 1.72. The number of sulfonamides is 1. The standard InChI is InChI=1S/C20H23N3O6S/c1-13-8-14(2)10-17(9-13)23-19(25)12-29-20(26)11-21-30(27,28)18-6-4-16(5-7-18)22-15(3)24/h4-10,21H,11-12H2,1-3H3,(H,22,24)(H,23,25). The van der Waals surface area contributed by atoms with E-state index in [2.05, 4.69) is 15.4 Å². The van der Waals surface area contributed by atoms with E-state index in [-0.39, 0.29) is 10.8 Å². The molecule has 2 aromatic rings. The second-order valence-corrected chi connectivity index (χ2v) is 8.38. The number of anilines is 2. The van der Waals surface area contributed by atoms with E-state index in [1.54, 1.807) is 12.1 Å². The molecule has 9 nitrogen and oxygen atoms in total. The first-order chi connectivity index (χ1) is 14.0. The molecule has 2 amide bonds. The summed E-state index contributed by atoms with van der Waals surface area (Å²) in [6, 6.07) is 10.9. The smallest absolute Gasteiger partial charge is 0.321 e. The lowest BCUT2D eigenvalue weighted by molar-refractivity contribution is -0.146. The number of nitrogens with one attached hydrogen (secondary N) is 3. The van der Waals surface area contributed by atoms with Crippen molar-refractivity contribution in [3.8, 4) is 0 Å². The number of amides is 2. The molecule has 30 heavy (non-hydrogen) atoms. The molecule has 3 N–H and O–H groups in total. The monoisotopic (exact) mass is 433 g/mol. The zero-order chi connectivity index (χ0) is 22.3. The Hall–Kier alpha value is -3.24. The highest BCUT2D eigenvalue weighted by Gasteiger charge is 2.17. The van der Waals surface area contributed by atoms with Gasteiger partial charge in [-0.25, -0.2) is 8.42 Å². The van der Waals surface area contributed by atoms with Crippen LogP contribution in [0.25, 0.3) is 0 Å². The van der Waals surface area contributed by atoms with E-state index in [4.69, 9.17) is 4.74 Å². The quantitative estimate of drug-likeness (QED) is 0.544. The minimum absolute atomic E-state index is 0.0861. The lowest BCUT2D eigenvalue weighted by atomic mass is 10.1. The van der Waals surface area contributed by atoms with Crippen LogP contribution in [-0.4, -0.2) is 39.4 Å². The normalized spacial score (nSPS) is 10.9. The third-order valence-corrected chi connectivity index (χ3v) is 5.18. The molecule has 0 radical (unpaired) electrons. The molecule has 0 aliphatic rings. The maximum atomic E-state index is 12.2. The first-order valence-electron chi connectivity index (χ1n) is 8.96. The number of hydrogen-bond donors (Lipinski definition) is 3. The molecular formula is C20H23N3O6S. The van der Waals surface area contributed by atoms with Gasteiger partial charge >= 0.3 is 5.97 Å². The fourth-order valence-electron chi connectivity index (χ4n) is 2.60. The lowest BCUT2D eigenvalue weighted by Gasteiger charge is -2.09. The minimum atomic E-state index is -3.96. The van der Waals surface area contributed by atoms with Crippen molar-refractivity contribution in [1.82, 2.24) is 4.72 Å². The summed E-state index contributed by atoms with van der Waals surface area (Å²) in [6.45, 7) is 3.94. The largest absolute Gasteiger partial charge is 0.455 e. The Morgan fingerprint density at radius 2 is 1.50 bits per heavy atom. The van der Waals surface area contributed by atoms with Crippen LogP contribution in [0.2, 0.25) is 0 Å². The number of esters is 1. The van der Waals surface area contributed by atoms with Crippen LogP contribution >= 0.6 is 0 Å². The molecule has 0 bridgehead atoms. The van der Waals surface area contributed by atoms with Gasteiger partial charge in [0.05, 0.1) is 4.90 Å². The van der Waals surface area contributed by atoms with Gasteiger partial charge in [0.25, 0.3) is 5.91 Å². The summed E-state index contributed by atoms with van der Waals surface area (Å²) in [5.41, 5.74) is 2.97. The van der Waals surface area contributed by atoms with E-state index in [9.17, 15) is 22.8 Å². The molecule has 0 unspecified atom stereocenters. The Kier molecular flexibility index (Phi) is 7.67. The molecule has 0 saturated carbocycles. The molecule has 0 atom stereocenters. The Balaban J connectivity index is 1.83. The second-order valence-electron chi connectivity index (χ2n) is 6.62. The Bertz CT molecular complexity index is 1030. The fraction of sp³-hybridized carbons (Fsp3) is 0.250. The maximum absolute atomic E-state index is 12.2. The van der Waals surface area contributed by atoms with Crippen LogP contribution in [0.15, 0.2) is 47.4 Å². The van der Waals surface area contributed by atoms with Gasteiger partial charge in [0.1, 0.15) is 6.54 Å². The summed E-state index contributed by atoms with van der Waals surface area (Å²) in [6.07, 6.45) is 0. The topological polar surface area (TPSA) is 131 Å². The van der Waals surface area contributed by atoms with Crippen LogP contribution in [0.5, 0.6) is 0 Å². The molecule has 0 aliphatic carbocycles. The van der Waals surface area contributed by atoms with E-state index in [1.807, 2.05) is 19.9 Å². The fourth-order valence-corrected chi connectivity index (χ4v) is 3.57. The van der Waals surface area contributed by atoms with Gasteiger partial charge in [-0.15, -0.1) is 0 Å². The summed E-state index contributed by atoms with van der Waals surface area (Å²) < 4.78 is 31.4. The van der Waals surface area contributed by atoms with Gasteiger partial charge in [0.15, 0.2) is 6.61 Å². The van der Waals surface area contributed by atoms with Gasteiger partial charge in [-0.1, -0.05) is 6.07 Å². The first kappa shape index (κ1) is 23.0. The molecule has 0 heterocycles. The van der Waals surface area contributed by atoms with Crippen molar-refractivity contribution in [2.75, 3.05) is 23.8 Å². The summed E-state index contributed by atoms with van der Waals surface area (Å²) in [5, 5.41) is 5.13. The van der Waals surface area contributed by atoms with Crippen molar-refractivity contribution >= 4 is 39.2 Å². The van der Waals surface area contributed by atoms with Crippen LogP contribution < -0.4 is 15.4 Å². The van der Waals surface area contributed by atoms with E-state index in [1.165, 1.54) is 31.2 Å². The number of aryl methyl sites for hydroxylation is 2. The minimum Gasteiger partial charge on any atom is -0.455 e. The third kappa shape index (κ3) is 7.30. The van der Waals surface area contributed by atoms with E-state index < -0.39 is 35.1 Å². The van der Waals surface area contributed by atoms with Gasteiger partial charge in [-0.3, -0.25) is 14.4 Å². The zero-order valence-corrected chi connectivity index (χ0v) is 17.6.